The van der Waals surface area contributed by atoms with Gasteiger partial charge in [-0.25, -0.2) is 9.78 Å². The number of amides is 3. The number of nitrogens with one attached hydrogen (secondary N) is 3. The summed E-state index contributed by atoms with van der Waals surface area (Å²) in [6.45, 7) is 10.4. The molecule has 3 N–H and O–H groups in total. The highest BCUT2D eigenvalue weighted by Gasteiger charge is 2.22. The molecule has 0 unspecified atom stereocenters. The summed E-state index contributed by atoms with van der Waals surface area (Å²) in [5.41, 5.74) is 2.22. The first-order valence-corrected chi connectivity index (χ1v) is 14.2. The van der Waals surface area contributed by atoms with Crippen LogP contribution in [0.25, 0.3) is 0 Å². The second-order valence-corrected chi connectivity index (χ2v) is 10.2. The molecule has 228 valence electrons. The summed E-state index contributed by atoms with van der Waals surface area (Å²) >= 11 is 12.8. The predicted molar refractivity (Wildman–Crippen MR) is 172 cm³/mol. The van der Waals surface area contributed by atoms with E-state index in [-0.39, 0.29) is 44.9 Å². The maximum atomic E-state index is 13.2. The molecular formula is C29H34Cl2N8O4. The topological polar surface area (TPSA) is 124 Å². The van der Waals surface area contributed by atoms with E-state index in [1.807, 2.05) is 18.2 Å². The molecule has 3 amide bonds. The van der Waals surface area contributed by atoms with Gasteiger partial charge in [0.1, 0.15) is 27.4 Å². The molecule has 1 aliphatic rings. The molecule has 0 atom stereocenters. The van der Waals surface area contributed by atoms with Gasteiger partial charge in [-0.3, -0.25) is 9.69 Å². The first kappa shape index (κ1) is 31.7. The van der Waals surface area contributed by atoms with Crippen LogP contribution in [0.15, 0.2) is 49.2 Å². The largest absolute Gasteiger partial charge is 0.495 e. The monoisotopic (exact) mass is 628 g/mol. The molecule has 43 heavy (non-hydrogen) atoms. The van der Waals surface area contributed by atoms with Crippen LogP contribution >= 0.6 is 23.2 Å². The van der Waals surface area contributed by atoms with E-state index >= 15 is 0 Å². The number of urea groups is 1. The van der Waals surface area contributed by atoms with Crippen molar-refractivity contribution >= 4 is 69.7 Å². The molecule has 0 spiro atoms. The maximum absolute atomic E-state index is 13.2. The van der Waals surface area contributed by atoms with E-state index in [9.17, 15) is 9.59 Å². The average Bonchev–Trinajstić information content (AvgIpc) is 3.03. The van der Waals surface area contributed by atoms with Crippen molar-refractivity contribution in [2.75, 3.05) is 79.7 Å². The Bertz CT molecular complexity index is 1470. The van der Waals surface area contributed by atoms with Crippen molar-refractivity contribution < 1.29 is 19.1 Å². The van der Waals surface area contributed by atoms with E-state index in [0.717, 1.165) is 38.4 Å². The molecule has 0 bridgehead atoms. The third-order valence-corrected chi connectivity index (χ3v) is 7.72. The molecule has 4 rings (SSSR count). The van der Waals surface area contributed by atoms with Crippen LogP contribution in [0.1, 0.15) is 6.92 Å². The van der Waals surface area contributed by atoms with Crippen molar-refractivity contribution in [3.05, 3.63) is 59.2 Å². The Hall–Kier alpha value is -4.26. The highest BCUT2D eigenvalue weighted by molar-refractivity contribution is 6.41. The van der Waals surface area contributed by atoms with Crippen LogP contribution in [0.3, 0.4) is 0 Å². The summed E-state index contributed by atoms with van der Waals surface area (Å²) in [6.07, 6.45) is 2.71. The lowest BCUT2D eigenvalue weighted by Gasteiger charge is -2.35. The third-order valence-electron chi connectivity index (χ3n) is 6.97. The summed E-state index contributed by atoms with van der Waals surface area (Å²) < 4.78 is 10.5. The van der Waals surface area contributed by atoms with Crippen molar-refractivity contribution in [2.45, 2.75) is 6.92 Å². The van der Waals surface area contributed by atoms with Crippen LogP contribution in [0.2, 0.25) is 10.0 Å². The molecule has 2 heterocycles. The van der Waals surface area contributed by atoms with Gasteiger partial charge in [0, 0.05) is 51.2 Å². The van der Waals surface area contributed by atoms with E-state index in [4.69, 9.17) is 32.7 Å². The number of piperazine rings is 1. The van der Waals surface area contributed by atoms with Crippen LogP contribution in [-0.2, 0) is 4.79 Å². The summed E-state index contributed by atoms with van der Waals surface area (Å²) in [4.78, 5) is 40.2. The molecular weight excluding hydrogens is 595 g/mol. The second-order valence-electron chi connectivity index (χ2n) is 9.48. The number of aromatic nitrogens is 2. The van der Waals surface area contributed by atoms with E-state index in [2.05, 4.69) is 49.2 Å². The fourth-order valence-corrected chi connectivity index (χ4v) is 5.05. The maximum Gasteiger partial charge on any atom is 0.327 e. The third kappa shape index (κ3) is 7.39. The minimum atomic E-state index is -0.574. The van der Waals surface area contributed by atoms with Gasteiger partial charge in [-0.05, 0) is 36.9 Å². The normalized spacial score (nSPS) is 13.2. The molecule has 0 saturated carbocycles. The van der Waals surface area contributed by atoms with Gasteiger partial charge in [-0.15, -0.1) is 0 Å². The number of hydrogen-bond acceptors (Lipinski definition) is 9. The molecule has 12 nitrogen and oxygen atoms in total. The second kappa shape index (κ2) is 14.3. The lowest BCUT2D eigenvalue weighted by Crippen LogP contribution is -2.46. The highest BCUT2D eigenvalue weighted by Crippen LogP contribution is 2.44. The SMILES string of the molecule is C=CC(=O)Nc1cc(N2CCN(CC)CC2)ccc1Nc1nccc(N(C)C(=O)Nc2c(Cl)c(OC)cc(OC)c2Cl)n1. The van der Waals surface area contributed by atoms with Crippen LogP contribution in [0, 0.1) is 0 Å². The number of halogens is 2. The van der Waals surface area contributed by atoms with Crippen molar-refractivity contribution in [3.63, 3.8) is 0 Å². The Morgan fingerprint density at radius 1 is 1.02 bits per heavy atom. The number of ether oxygens (including phenoxy) is 2. The van der Waals surface area contributed by atoms with Gasteiger partial charge >= 0.3 is 6.03 Å². The molecule has 1 fully saturated rings. The summed E-state index contributed by atoms with van der Waals surface area (Å²) in [5, 5.41) is 8.93. The van der Waals surface area contributed by atoms with Gasteiger partial charge in [-0.1, -0.05) is 36.7 Å². The average molecular weight is 630 g/mol. The Morgan fingerprint density at radius 3 is 2.30 bits per heavy atom. The molecule has 1 aliphatic heterocycles. The van der Waals surface area contributed by atoms with Crippen LogP contribution < -0.4 is 35.2 Å². The van der Waals surface area contributed by atoms with E-state index in [1.165, 1.54) is 44.5 Å². The number of likely N-dealkylation sites (N-methyl/N-ethyl adjacent to an activating group) is 1. The Labute approximate surface area is 260 Å². The standard InChI is InChI=1S/C29H34Cl2N8O4/c1-6-24(40)33-20-16-18(39-14-12-38(7-2)13-15-39)8-9-19(20)34-28-32-11-10-23(35-28)37(3)29(41)36-27-25(30)21(42-4)17-22(43-5)26(27)31/h6,8-11,16-17H,1,7,12-15H2,2-5H3,(H,33,40)(H,36,41)(H,32,34,35). The van der Waals surface area contributed by atoms with E-state index in [0.29, 0.717) is 11.4 Å². The van der Waals surface area contributed by atoms with Gasteiger partial charge in [0.15, 0.2) is 0 Å². The number of hydrogen-bond donors (Lipinski definition) is 3. The van der Waals surface area contributed by atoms with Gasteiger partial charge < -0.3 is 35.2 Å². The lowest BCUT2D eigenvalue weighted by molar-refractivity contribution is -0.111. The van der Waals surface area contributed by atoms with Gasteiger partial charge in [0.2, 0.25) is 11.9 Å². The molecule has 1 saturated heterocycles. The first-order valence-electron chi connectivity index (χ1n) is 13.5. The van der Waals surface area contributed by atoms with Crippen LogP contribution in [0.4, 0.5) is 39.3 Å². The minimum absolute atomic E-state index is 0.116. The molecule has 2 aromatic carbocycles. The molecule has 3 aromatic rings. The number of carbonyl (C=O) groups is 2. The Morgan fingerprint density at radius 2 is 1.70 bits per heavy atom. The fourth-order valence-electron chi connectivity index (χ4n) is 4.45. The quantitative estimate of drug-likeness (QED) is 0.250. The minimum Gasteiger partial charge on any atom is -0.495 e. The van der Waals surface area contributed by atoms with Crippen molar-refractivity contribution in [1.82, 2.24) is 14.9 Å². The molecule has 1 aromatic heterocycles. The summed E-state index contributed by atoms with van der Waals surface area (Å²) in [7, 11) is 4.41. The smallest absolute Gasteiger partial charge is 0.327 e. The summed E-state index contributed by atoms with van der Waals surface area (Å²) in [5.74, 6) is 0.688. The predicted octanol–water partition coefficient (Wildman–Crippen LogP) is 5.48. The Kier molecular flexibility index (Phi) is 10.5. The number of methoxy groups -OCH3 is 2. The number of rotatable bonds is 10. The highest BCUT2D eigenvalue weighted by atomic mass is 35.5. The molecule has 0 radical (unpaired) electrons. The van der Waals surface area contributed by atoms with Crippen LogP contribution in [0.5, 0.6) is 11.5 Å². The zero-order valence-corrected chi connectivity index (χ0v) is 25.9. The number of carbonyl (C=O) groups excluding carboxylic acids is 2. The van der Waals surface area contributed by atoms with E-state index < -0.39 is 6.03 Å². The van der Waals surface area contributed by atoms with Crippen molar-refractivity contribution in [2.24, 2.45) is 0 Å². The summed E-state index contributed by atoms with van der Waals surface area (Å²) in [6, 6.07) is 8.26. The number of anilines is 6. The molecule has 14 heteroatoms. The fraction of sp³-hybridized carbons (Fsp3) is 0.310. The first-order chi connectivity index (χ1) is 20.7. The van der Waals surface area contributed by atoms with Gasteiger partial charge in [0.05, 0.1) is 31.3 Å². The Balaban J connectivity index is 1.55. The van der Waals surface area contributed by atoms with Crippen molar-refractivity contribution in [1.29, 1.82) is 0 Å². The number of benzene rings is 2. The number of nitrogens with zero attached hydrogens (tertiary/aromatic N) is 5. The lowest BCUT2D eigenvalue weighted by atomic mass is 10.2. The zero-order valence-electron chi connectivity index (χ0n) is 24.4. The van der Waals surface area contributed by atoms with Crippen molar-refractivity contribution in [3.8, 4) is 11.5 Å². The van der Waals surface area contributed by atoms with Gasteiger partial charge in [0.25, 0.3) is 0 Å². The van der Waals surface area contributed by atoms with Gasteiger partial charge in [-0.2, -0.15) is 4.98 Å². The zero-order chi connectivity index (χ0) is 31.1. The molecule has 0 aliphatic carbocycles. The van der Waals surface area contributed by atoms with Crippen LogP contribution in [-0.4, -0.2) is 80.8 Å². The van der Waals surface area contributed by atoms with E-state index in [1.54, 1.807) is 6.07 Å².